The lowest BCUT2D eigenvalue weighted by molar-refractivity contribution is -0.131. The van der Waals surface area contributed by atoms with Gasteiger partial charge in [-0.1, -0.05) is 43.7 Å². The topological polar surface area (TPSA) is 91.7 Å². The fourth-order valence-corrected chi connectivity index (χ4v) is 1.71. The van der Waals surface area contributed by atoms with Crippen LogP contribution in [0.15, 0.2) is 36.4 Å². The SMILES string of the molecule is CCCCS(=O)(=O)O.O=C(O)C=Cc1ccccc1. The molecule has 0 heterocycles. The predicted octanol–water partition coefficient (Wildman–Crippen LogP) is 2.46. The van der Waals surface area contributed by atoms with E-state index in [-0.39, 0.29) is 5.75 Å². The van der Waals surface area contributed by atoms with Crippen molar-refractivity contribution in [3.05, 3.63) is 42.0 Å². The van der Waals surface area contributed by atoms with E-state index in [0.717, 1.165) is 18.1 Å². The molecule has 0 aliphatic rings. The Morgan fingerprint density at radius 2 is 1.84 bits per heavy atom. The normalized spacial score (nSPS) is 10.8. The summed E-state index contributed by atoms with van der Waals surface area (Å²) >= 11 is 0. The molecule has 6 heteroatoms. The third-order valence-electron chi connectivity index (χ3n) is 1.97. The number of carboxylic acid groups (broad SMARTS) is 1. The summed E-state index contributed by atoms with van der Waals surface area (Å²) in [7, 11) is -3.69. The molecule has 106 valence electrons. The lowest BCUT2D eigenvalue weighted by Gasteiger charge is -1.90. The van der Waals surface area contributed by atoms with E-state index in [2.05, 4.69) is 0 Å². The number of carboxylic acids is 1. The van der Waals surface area contributed by atoms with Crippen LogP contribution in [-0.4, -0.2) is 29.8 Å². The maximum atomic E-state index is 10.1. The highest BCUT2D eigenvalue weighted by atomic mass is 32.2. The molecule has 1 rings (SSSR count). The van der Waals surface area contributed by atoms with Gasteiger partial charge in [-0.25, -0.2) is 4.79 Å². The van der Waals surface area contributed by atoms with Crippen LogP contribution in [0.3, 0.4) is 0 Å². The van der Waals surface area contributed by atoms with E-state index in [1.54, 1.807) is 6.08 Å². The van der Waals surface area contributed by atoms with Crippen molar-refractivity contribution in [1.29, 1.82) is 0 Å². The first-order valence-corrected chi connectivity index (χ1v) is 7.37. The minimum absolute atomic E-state index is 0.108. The van der Waals surface area contributed by atoms with Crippen LogP contribution in [0.4, 0.5) is 0 Å². The molecule has 0 saturated heterocycles. The van der Waals surface area contributed by atoms with Gasteiger partial charge in [0.1, 0.15) is 0 Å². The Bertz CT molecular complexity index is 491. The van der Waals surface area contributed by atoms with Crippen molar-refractivity contribution in [1.82, 2.24) is 0 Å². The molecule has 0 aliphatic carbocycles. The average Bonchev–Trinajstić information content (AvgIpc) is 2.35. The summed E-state index contributed by atoms with van der Waals surface area (Å²) in [5.74, 6) is -1.03. The Hall–Kier alpha value is -1.66. The van der Waals surface area contributed by atoms with Crippen molar-refractivity contribution in [2.24, 2.45) is 0 Å². The third-order valence-corrected chi connectivity index (χ3v) is 2.78. The van der Waals surface area contributed by atoms with Gasteiger partial charge in [-0.15, -0.1) is 0 Å². The summed E-state index contributed by atoms with van der Waals surface area (Å²) in [6, 6.07) is 9.31. The minimum atomic E-state index is -3.69. The minimum Gasteiger partial charge on any atom is -0.478 e. The molecule has 0 aliphatic heterocycles. The summed E-state index contributed by atoms with van der Waals surface area (Å²) in [5.41, 5.74) is 0.898. The van der Waals surface area contributed by atoms with E-state index in [1.165, 1.54) is 0 Å². The molecule has 0 saturated carbocycles. The van der Waals surface area contributed by atoms with Crippen LogP contribution in [0.2, 0.25) is 0 Å². The number of benzene rings is 1. The maximum Gasteiger partial charge on any atom is 0.328 e. The summed E-state index contributed by atoms with van der Waals surface area (Å²) in [4.78, 5) is 10.1. The van der Waals surface area contributed by atoms with Gasteiger partial charge in [0.15, 0.2) is 0 Å². The van der Waals surface area contributed by atoms with Gasteiger partial charge in [0, 0.05) is 6.08 Å². The lowest BCUT2D eigenvalue weighted by Crippen LogP contribution is -2.02. The molecule has 1 aromatic rings. The number of carbonyl (C=O) groups is 1. The van der Waals surface area contributed by atoms with Gasteiger partial charge < -0.3 is 5.11 Å². The monoisotopic (exact) mass is 286 g/mol. The molecular formula is C13H18O5S. The van der Waals surface area contributed by atoms with E-state index >= 15 is 0 Å². The summed E-state index contributed by atoms with van der Waals surface area (Å²) < 4.78 is 28.0. The molecule has 0 bridgehead atoms. The molecule has 2 N–H and O–H groups in total. The molecule has 0 spiro atoms. The fourth-order valence-electron chi connectivity index (χ4n) is 1.06. The van der Waals surface area contributed by atoms with E-state index in [0.29, 0.717) is 6.42 Å². The van der Waals surface area contributed by atoms with Gasteiger partial charge in [-0.3, -0.25) is 4.55 Å². The Labute approximate surface area is 113 Å². The number of unbranched alkanes of at least 4 members (excludes halogenated alkanes) is 1. The second-order valence-corrected chi connectivity index (χ2v) is 5.29. The van der Waals surface area contributed by atoms with Crippen molar-refractivity contribution in [2.45, 2.75) is 19.8 Å². The third kappa shape index (κ3) is 12.6. The zero-order valence-corrected chi connectivity index (χ0v) is 11.5. The molecule has 0 aromatic heterocycles. The van der Waals surface area contributed by atoms with E-state index in [9.17, 15) is 13.2 Å². The van der Waals surface area contributed by atoms with Gasteiger partial charge >= 0.3 is 5.97 Å². The maximum absolute atomic E-state index is 10.1. The number of hydrogen-bond donors (Lipinski definition) is 2. The largest absolute Gasteiger partial charge is 0.478 e. The molecule has 0 radical (unpaired) electrons. The summed E-state index contributed by atoms with van der Waals surface area (Å²) in [5, 5.41) is 8.29. The first-order chi connectivity index (χ1) is 8.85. The lowest BCUT2D eigenvalue weighted by atomic mass is 10.2. The number of rotatable bonds is 5. The summed E-state index contributed by atoms with van der Waals surface area (Å²) in [6.45, 7) is 1.87. The van der Waals surface area contributed by atoms with Crippen LogP contribution < -0.4 is 0 Å². The second-order valence-electron chi connectivity index (χ2n) is 3.72. The average molecular weight is 286 g/mol. The van der Waals surface area contributed by atoms with Crippen molar-refractivity contribution < 1.29 is 22.9 Å². The molecule has 1 aromatic carbocycles. The van der Waals surface area contributed by atoms with Gasteiger partial charge in [-0.2, -0.15) is 8.42 Å². The van der Waals surface area contributed by atoms with Crippen LogP contribution >= 0.6 is 0 Å². The Kier molecular flexibility index (Phi) is 8.48. The quantitative estimate of drug-likeness (QED) is 0.641. The molecule has 0 amide bonds. The van der Waals surface area contributed by atoms with Crippen molar-refractivity contribution in [3.63, 3.8) is 0 Å². The van der Waals surface area contributed by atoms with Crippen LogP contribution in [-0.2, 0) is 14.9 Å². The van der Waals surface area contributed by atoms with E-state index in [4.69, 9.17) is 9.66 Å². The highest BCUT2D eigenvalue weighted by Crippen LogP contribution is 1.99. The molecular weight excluding hydrogens is 268 g/mol. The van der Waals surface area contributed by atoms with Gasteiger partial charge in [0.25, 0.3) is 10.1 Å². The smallest absolute Gasteiger partial charge is 0.328 e. The highest BCUT2D eigenvalue weighted by molar-refractivity contribution is 7.85. The number of hydrogen-bond acceptors (Lipinski definition) is 3. The van der Waals surface area contributed by atoms with Crippen LogP contribution in [0, 0.1) is 0 Å². The van der Waals surface area contributed by atoms with Gasteiger partial charge in [-0.05, 0) is 18.1 Å². The van der Waals surface area contributed by atoms with Crippen LogP contribution in [0.1, 0.15) is 25.3 Å². The second kappa shape index (κ2) is 9.29. The number of aliphatic carboxylic acids is 1. The first-order valence-electron chi connectivity index (χ1n) is 5.76. The Morgan fingerprint density at radius 3 is 2.21 bits per heavy atom. The zero-order valence-electron chi connectivity index (χ0n) is 10.7. The van der Waals surface area contributed by atoms with Gasteiger partial charge in [0.05, 0.1) is 5.75 Å². The van der Waals surface area contributed by atoms with Crippen molar-refractivity contribution in [3.8, 4) is 0 Å². The molecule has 0 unspecified atom stereocenters. The van der Waals surface area contributed by atoms with Crippen molar-refractivity contribution in [2.75, 3.05) is 5.75 Å². The molecule has 0 fully saturated rings. The highest BCUT2D eigenvalue weighted by Gasteiger charge is 2.00. The predicted molar refractivity (Wildman–Crippen MR) is 74.4 cm³/mol. The van der Waals surface area contributed by atoms with Gasteiger partial charge in [0.2, 0.25) is 0 Å². The Balaban J connectivity index is 0.000000362. The fraction of sp³-hybridized carbons (Fsp3) is 0.308. The van der Waals surface area contributed by atoms with E-state index in [1.807, 2.05) is 37.3 Å². The van der Waals surface area contributed by atoms with E-state index < -0.39 is 16.1 Å². The standard InChI is InChI=1S/C9H8O2.C4H10O3S/c10-9(11)7-6-8-4-2-1-3-5-8;1-2-3-4-8(5,6)7/h1-7H,(H,10,11);2-4H2,1H3,(H,5,6,7). The first kappa shape index (κ1) is 17.3. The molecule has 19 heavy (non-hydrogen) atoms. The van der Waals surface area contributed by atoms with Crippen molar-refractivity contribution >= 4 is 22.2 Å². The van der Waals surface area contributed by atoms with Crippen LogP contribution in [0.25, 0.3) is 6.08 Å². The Morgan fingerprint density at radius 1 is 1.26 bits per heavy atom. The zero-order chi connectivity index (χ0) is 14.7. The summed E-state index contributed by atoms with van der Waals surface area (Å²) in [6.07, 6.45) is 4.01. The molecule has 5 nitrogen and oxygen atoms in total. The van der Waals surface area contributed by atoms with Crippen LogP contribution in [0.5, 0.6) is 0 Å². The molecule has 0 atom stereocenters.